The Morgan fingerprint density at radius 1 is 1.16 bits per heavy atom. The number of hydrogen-bond donors (Lipinski definition) is 2. The summed E-state index contributed by atoms with van der Waals surface area (Å²) in [5.74, 6) is -0.658. The monoisotopic (exact) mass is 382 g/mol. The van der Waals surface area contributed by atoms with E-state index in [2.05, 4.69) is 4.72 Å². The second kappa shape index (κ2) is 7.86. The minimum atomic E-state index is -3.80. The van der Waals surface area contributed by atoms with Crippen LogP contribution in [0.2, 0.25) is 5.02 Å². The number of nitrogens with one attached hydrogen (secondary N) is 1. The SMILES string of the molecule is CC(COc1ccc(Cl)cc1)(NS(=O)(=O)Cc1ccccc1)C(N)=O. The smallest absolute Gasteiger partial charge is 0.241 e. The van der Waals surface area contributed by atoms with Gasteiger partial charge < -0.3 is 10.5 Å². The van der Waals surface area contributed by atoms with Crippen molar-refractivity contribution >= 4 is 27.5 Å². The fourth-order valence-electron chi connectivity index (χ4n) is 2.08. The predicted molar refractivity (Wildman–Crippen MR) is 96.7 cm³/mol. The molecule has 1 atom stereocenters. The maximum Gasteiger partial charge on any atom is 0.241 e. The highest BCUT2D eigenvalue weighted by Crippen LogP contribution is 2.18. The highest BCUT2D eigenvalue weighted by atomic mass is 35.5. The number of rotatable bonds is 8. The summed E-state index contributed by atoms with van der Waals surface area (Å²) in [6.07, 6.45) is 0. The molecule has 0 aliphatic carbocycles. The molecular formula is C17H19ClN2O4S. The van der Waals surface area contributed by atoms with Crippen molar-refractivity contribution in [1.82, 2.24) is 4.72 Å². The van der Waals surface area contributed by atoms with Gasteiger partial charge in [0.05, 0.1) is 5.75 Å². The van der Waals surface area contributed by atoms with E-state index in [-0.39, 0.29) is 12.4 Å². The number of carbonyl (C=O) groups excluding carboxylic acids is 1. The molecule has 2 aromatic rings. The van der Waals surface area contributed by atoms with Gasteiger partial charge in [-0.3, -0.25) is 4.79 Å². The van der Waals surface area contributed by atoms with E-state index in [1.54, 1.807) is 54.6 Å². The summed E-state index contributed by atoms with van der Waals surface area (Å²) >= 11 is 5.80. The summed E-state index contributed by atoms with van der Waals surface area (Å²) in [7, 11) is -3.80. The van der Waals surface area contributed by atoms with Crippen LogP contribution in [0.4, 0.5) is 0 Å². The lowest BCUT2D eigenvalue weighted by molar-refractivity contribution is -0.124. The first-order valence-corrected chi connectivity index (χ1v) is 9.47. The van der Waals surface area contributed by atoms with Gasteiger partial charge in [-0.15, -0.1) is 0 Å². The Kier molecular flexibility index (Phi) is 6.05. The lowest BCUT2D eigenvalue weighted by atomic mass is 10.1. The van der Waals surface area contributed by atoms with Crippen LogP contribution in [-0.4, -0.2) is 26.5 Å². The van der Waals surface area contributed by atoms with Crippen LogP contribution < -0.4 is 15.2 Å². The Bertz CT molecular complexity index is 825. The van der Waals surface area contributed by atoms with Crippen molar-refractivity contribution in [3.8, 4) is 5.75 Å². The van der Waals surface area contributed by atoms with E-state index in [9.17, 15) is 13.2 Å². The van der Waals surface area contributed by atoms with Gasteiger partial charge in [0, 0.05) is 5.02 Å². The van der Waals surface area contributed by atoms with Crippen LogP contribution in [0.3, 0.4) is 0 Å². The molecule has 1 amide bonds. The highest BCUT2D eigenvalue weighted by molar-refractivity contribution is 7.88. The van der Waals surface area contributed by atoms with Crippen LogP contribution >= 0.6 is 11.6 Å². The highest BCUT2D eigenvalue weighted by Gasteiger charge is 2.36. The minimum Gasteiger partial charge on any atom is -0.491 e. The predicted octanol–water partition coefficient (Wildman–Crippen LogP) is 2.08. The molecule has 0 saturated carbocycles. The summed E-state index contributed by atoms with van der Waals surface area (Å²) in [6.45, 7) is 1.13. The average molecular weight is 383 g/mol. The number of amides is 1. The van der Waals surface area contributed by atoms with Crippen LogP contribution in [0.25, 0.3) is 0 Å². The van der Waals surface area contributed by atoms with Gasteiger partial charge in [-0.25, -0.2) is 8.42 Å². The van der Waals surface area contributed by atoms with Gasteiger partial charge in [0.2, 0.25) is 15.9 Å². The molecule has 0 aromatic heterocycles. The van der Waals surface area contributed by atoms with E-state index in [0.717, 1.165) is 0 Å². The van der Waals surface area contributed by atoms with Crippen LogP contribution in [0.5, 0.6) is 5.75 Å². The van der Waals surface area contributed by atoms with Gasteiger partial charge in [0.25, 0.3) is 0 Å². The van der Waals surface area contributed by atoms with Gasteiger partial charge in [-0.05, 0) is 36.8 Å². The van der Waals surface area contributed by atoms with E-state index in [1.165, 1.54) is 6.92 Å². The number of carbonyl (C=O) groups is 1. The van der Waals surface area contributed by atoms with Crippen LogP contribution in [0, 0.1) is 0 Å². The molecule has 0 saturated heterocycles. The third-order valence-electron chi connectivity index (χ3n) is 3.47. The summed E-state index contributed by atoms with van der Waals surface area (Å²) in [4.78, 5) is 11.8. The van der Waals surface area contributed by atoms with Crippen molar-refractivity contribution in [2.24, 2.45) is 5.73 Å². The maximum atomic E-state index is 12.4. The van der Waals surface area contributed by atoms with E-state index >= 15 is 0 Å². The Hall–Kier alpha value is -2.09. The molecule has 0 aliphatic rings. The zero-order valence-corrected chi connectivity index (χ0v) is 15.2. The fraction of sp³-hybridized carbons (Fsp3) is 0.235. The van der Waals surface area contributed by atoms with Crippen LogP contribution in [0.15, 0.2) is 54.6 Å². The van der Waals surface area contributed by atoms with Crippen molar-refractivity contribution in [2.75, 3.05) is 6.61 Å². The first kappa shape index (κ1) is 19.2. The molecule has 0 bridgehead atoms. The first-order chi connectivity index (χ1) is 11.7. The number of sulfonamides is 1. The number of benzene rings is 2. The number of primary amides is 1. The molecule has 8 heteroatoms. The standard InChI is InChI=1S/C17H19ClN2O4S/c1-17(16(19)21,12-24-15-9-7-14(18)8-10-15)20-25(22,23)11-13-5-3-2-4-6-13/h2-10,20H,11-12H2,1H3,(H2,19,21). The zero-order chi connectivity index (χ0) is 18.5. The zero-order valence-electron chi connectivity index (χ0n) is 13.6. The molecule has 0 radical (unpaired) electrons. The molecule has 0 aliphatic heterocycles. The molecule has 0 spiro atoms. The van der Waals surface area contributed by atoms with Gasteiger partial charge in [-0.1, -0.05) is 41.9 Å². The van der Waals surface area contributed by atoms with Crippen LogP contribution in [-0.2, 0) is 20.6 Å². The van der Waals surface area contributed by atoms with Crippen molar-refractivity contribution in [1.29, 1.82) is 0 Å². The third kappa shape index (κ3) is 5.74. The first-order valence-electron chi connectivity index (χ1n) is 7.44. The van der Waals surface area contributed by atoms with Crippen molar-refractivity contribution < 1.29 is 17.9 Å². The molecule has 134 valence electrons. The van der Waals surface area contributed by atoms with Crippen molar-refractivity contribution in [2.45, 2.75) is 18.2 Å². The molecule has 25 heavy (non-hydrogen) atoms. The fourth-order valence-corrected chi connectivity index (χ4v) is 3.76. The largest absolute Gasteiger partial charge is 0.491 e. The Balaban J connectivity index is 2.10. The second-order valence-electron chi connectivity index (χ2n) is 5.79. The summed E-state index contributed by atoms with van der Waals surface area (Å²) in [5, 5.41) is 0.536. The molecule has 2 rings (SSSR count). The van der Waals surface area contributed by atoms with Crippen molar-refractivity contribution in [3.63, 3.8) is 0 Å². The van der Waals surface area contributed by atoms with E-state index in [0.29, 0.717) is 16.3 Å². The van der Waals surface area contributed by atoms with Gasteiger partial charge in [0.15, 0.2) is 0 Å². The lowest BCUT2D eigenvalue weighted by Gasteiger charge is -2.27. The second-order valence-corrected chi connectivity index (χ2v) is 7.94. The molecule has 0 heterocycles. The lowest BCUT2D eigenvalue weighted by Crippen LogP contribution is -2.59. The Morgan fingerprint density at radius 2 is 1.76 bits per heavy atom. The maximum absolute atomic E-state index is 12.4. The Morgan fingerprint density at radius 3 is 2.32 bits per heavy atom. The summed E-state index contributed by atoms with van der Waals surface area (Å²) in [5.41, 5.74) is 4.40. The molecule has 6 nitrogen and oxygen atoms in total. The number of nitrogens with two attached hydrogens (primary N) is 1. The minimum absolute atomic E-state index is 0.252. The van der Waals surface area contributed by atoms with E-state index < -0.39 is 21.5 Å². The summed E-state index contributed by atoms with van der Waals surface area (Å²) in [6, 6.07) is 15.1. The van der Waals surface area contributed by atoms with E-state index in [1.807, 2.05) is 0 Å². The number of halogens is 1. The Labute approximate surface area is 152 Å². The number of ether oxygens (including phenoxy) is 1. The average Bonchev–Trinajstić information content (AvgIpc) is 2.54. The third-order valence-corrected chi connectivity index (χ3v) is 5.19. The van der Waals surface area contributed by atoms with Crippen LogP contribution in [0.1, 0.15) is 12.5 Å². The normalized spacial score (nSPS) is 13.8. The quantitative estimate of drug-likeness (QED) is 0.730. The molecular weight excluding hydrogens is 364 g/mol. The van der Waals surface area contributed by atoms with Gasteiger partial charge in [0.1, 0.15) is 17.9 Å². The molecule has 3 N–H and O–H groups in total. The molecule has 2 aromatic carbocycles. The molecule has 1 unspecified atom stereocenters. The topological polar surface area (TPSA) is 98.5 Å². The van der Waals surface area contributed by atoms with Gasteiger partial charge >= 0.3 is 0 Å². The van der Waals surface area contributed by atoms with E-state index in [4.69, 9.17) is 22.1 Å². The number of hydrogen-bond acceptors (Lipinski definition) is 4. The van der Waals surface area contributed by atoms with Gasteiger partial charge in [-0.2, -0.15) is 4.72 Å². The van der Waals surface area contributed by atoms with Crippen molar-refractivity contribution in [3.05, 3.63) is 65.2 Å². The molecule has 0 fully saturated rings. The summed E-state index contributed by atoms with van der Waals surface area (Å²) < 4.78 is 32.6.